The Kier molecular flexibility index (Phi) is 5.88. The molecule has 0 spiro atoms. The molecule has 0 aliphatic heterocycles. The van der Waals surface area contributed by atoms with E-state index >= 15 is 0 Å². The number of nitrogens with one attached hydrogen (secondary N) is 1. The average Bonchev–Trinajstić information content (AvgIpc) is 3.17. The first-order valence-electron chi connectivity index (χ1n) is 8.85. The Morgan fingerprint density at radius 1 is 1.36 bits per heavy atom. The van der Waals surface area contributed by atoms with Gasteiger partial charge < -0.3 is 14.8 Å². The molecule has 3 rings (SSSR count). The van der Waals surface area contributed by atoms with Crippen LogP contribution >= 0.6 is 0 Å². The second kappa shape index (κ2) is 8.51. The van der Waals surface area contributed by atoms with E-state index in [4.69, 9.17) is 9.47 Å². The Hall–Kier alpha value is -3.42. The molecule has 1 aliphatic carbocycles. The van der Waals surface area contributed by atoms with Gasteiger partial charge in [0.25, 0.3) is 5.91 Å². The van der Waals surface area contributed by atoms with Gasteiger partial charge in [-0.2, -0.15) is 5.10 Å². The van der Waals surface area contributed by atoms with E-state index in [1.807, 2.05) is 12.1 Å². The molecule has 146 valence electrons. The molecule has 2 aromatic heterocycles. The number of hydrogen-bond acceptors (Lipinski definition) is 6. The molecule has 0 atom stereocenters. The molecule has 1 amide bonds. The van der Waals surface area contributed by atoms with Crippen LogP contribution in [0.2, 0.25) is 0 Å². The van der Waals surface area contributed by atoms with Crippen molar-refractivity contribution in [2.45, 2.75) is 19.3 Å². The molecule has 2 heterocycles. The Morgan fingerprint density at radius 3 is 2.89 bits per heavy atom. The number of carbonyl (C=O) groups is 2. The monoisotopic (exact) mass is 382 g/mol. The molecule has 8 nitrogen and oxygen atoms in total. The molecular weight excluding hydrogens is 360 g/mol. The van der Waals surface area contributed by atoms with Crippen molar-refractivity contribution in [3.05, 3.63) is 59.5 Å². The average molecular weight is 382 g/mol. The van der Waals surface area contributed by atoms with Crippen LogP contribution in [0.25, 0.3) is 11.2 Å². The summed E-state index contributed by atoms with van der Waals surface area (Å²) in [5, 5.41) is 7.15. The molecule has 0 fully saturated rings. The van der Waals surface area contributed by atoms with Crippen molar-refractivity contribution >= 4 is 23.4 Å². The summed E-state index contributed by atoms with van der Waals surface area (Å²) in [4.78, 5) is 27.2. The Bertz CT molecular complexity index is 987. The normalized spacial score (nSPS) is 13.9. The lowest BCUT2D eigenvalue weighted by Crippen LogP contribution is -2.25. The number of hydrogen-bond donors (Lipinski definition) is 1. The minimum Gasteiger partial charge on any atom is -0.497 e. The van der Waals surface area contributed by atoms with Gasteiger partial charge in [0.05, 0.1) is 19.9 Å². The number of methoxy groups -OCH3 is 2. The topological polar surface area (TPSA) is 94.8 Å². The highest BCUT2D eigenvalue weighted by molar-refractivity contribution is 5.93. The van der Waals surface area contributed by atoms with E-state index in [0.717, 1.165) is 23.4 Å². The molecule has 0 bridgehead atoms. The predicted octanol–water partition coefficient (Wildman–Crippen LogP) is 2.29. The van der Waals surface area contributed by atoms with E-state index in [9.17, 15) is 9.59 Å². The summed E-state index contributed by atoms with van der Waals surface area (Å²) in [5.41, 5.74) is 3.11. The number of rotatable bonds is 8. The van der Waals surface area contributed by atoms with Crippen LogP contribution in [0.1, 0.15) is 35.4 Å². The van der Waals surface area contributed by atoms with Gasteiger partial charge in [-0.05, 0) is 36.1 Å². The van der Waals surface area contributed by atoms with Crippen molar-refractivity contribution in [1.82, 2.24) is 19.9 Å². The zero-order valence-electron chi connectivity index (χ0n) is 15.9. The number of aldehydes is 1. The molecular formula is C20H22N4O4. The van der Waals surface area contributed by atoms with Gasteiger partial charge in [-0.1, -0.05) is 6.58 Å². The van der Waals surface area contributed by atoms with Crippen LogP contribution in [0.5, 0.6) is 0 Å². The van der Waals surface area contributed by atoms with Gasteiger partial charge in [0, 0.05) is 25.2 Å². The predicted molar refractivity (Wildman–Crippen MR) is 103 cm³/mol. The molecule has 1 N–H and O–H groups in total. The molecule has 0 radical (unpaired) electrons. The van der Waals surface area contributed by atoms with Crippen LogP contribution in [0.15, 0.2) is 48.1 Å². The first-order chi connectivity index (χ1) is 13.6. The molecule has 8 heteroatoms. The van der Waals surface area contributed by atoms with Crippen molar-refractivity contribution < 1.29 is 19.1 Å². The number of fused-ring (bicyclic) bond motifs is 1. The third-order valence-corrected chi connectivity index (χ3v) is 4.49. The van der Waals surface area contributed by atoms with E-state index in [-0.39, 0.29) is 11.6 Å². The summed E-state index contributed by atoms with van der Waals surface area (Å²) in [5.74, 6) is 1.15. The lowest BCUT2D eigenvalue weighted by Gasteiger charge is -2.18. The first-order valence-corrected chi connectivity index (χ1v) is 8.85. The van der Waals surface area contributed by atoms with E-state index in [1.54, 1.807) is 31.0 Å². The van der Waals surface area contributed by atoms with E-state index in [1.165, 1.54) is 0 Å². The zero-order valence-corrected chi connectivity index (χ0v) is 15.9. The van der Waals surface area contributed by atoms with Gasteiger partial charge in [-0.3, -0.25) is 9.59 Å². The smallest absolute Gasteiger partial charge is 0.271 e. The Labute approximate surface area is 162 Å². The summed E-state index contributed by atoms with van der Waals surface area (Å²) in [6.07, 6.45) is 6.15. The van der Waals surface area contributed by atoms with Crippen molar-refractivity contribution in [2.75, 3.05) is 20.8 Å². The third kappa shape index (κ3) is 3.95. The third-order valence-electron chi connectivity index (χ3n) is 4.49. The number of allylic oxidation sites excluding steroid dienone is 3. The maximum absolute atomic E-state index is 12.4. The van der Waals surface area contributed by atoms with E-state index in [2.05, 4.69) is 22.0 Å². The molecule has 1 aliphatic rings. The summed E-state index contributed by atoms with van der Waals surface area (Å²) in [6, 6.07) is 3.48. The molecule has 0 aromatic carbocycles. The van der Waals surface area contributed by atoms with Crippen LogP contribution in [0.4, 0.5) is 0 Å². The van der Waals surface area contributed by atoms with Crippen molar-refractivity contribution in [3.63, 3.8) is 0 Å². The number of ether oxygens (including phenoxy) is 2. The Balaban J connectivity index is 1.87. The largest absolute Gasteiger partial charge is 0.497 e. The van der Waals surface area contributed by atoms with Gasteiger partial charge in [0.2, 0.25) is 0 Å². The molecule has 0 unspecified atom stereocenters. The standard InChI is InChI=1S/C20H22N4O4/c1-13(12-25)6-8-22-20(26)15-11-19-21-9-7-16(24(19)23-15)14-4-5-17(27-2)18(10-14)28-3/h7,9-12H,1,4-6,8H2,2-3H3,(H,22,26). The maximum Gasteiger partial charge on any atom is 0.271 e. The Morgan fingerprint density at radius 2 is 2.18 bits per heavy atom. The van der Waals surface area contributed by atoms with Gasteiger partial charge in [-0.25, -0.2) is 9.50 Å². The molecule has 0 saturated carbocycles. The van der Waals surface area contributed by atoms with Crippen molar-refractivity contribution in [2.24, 2.45) is 0 Å². The summed E-state index contributed by atoms with van der Waals surface area (Å²) in [6.45, 7) is 3.90. The highest BCUT2D eigenvalue weighted by atomic mass is 16.5. The number of amides is 1. The van der Waals surface area contributed by atoms with Gasteiger partial charge in [0.15, 0.2) is 17.1 Å². The van der Waals surface area contributed by atoms with Gasteiger partial charge >= 0.3 is 0 Å². The van der Waals surface area contributed by atoms with Crippen LogP contribution in [-0.2, 0) is 14.3 Å². The van der Waals surface area contributed by atoms with E-state index < -0.39 is 0 Å². The summed E-state index contributed by atoms with van der Waals surface area (Å²) < 4.78 is 12.4. The molecule has 28 heavy (non-hydrogen) atoms. The minimum atomic E-state index is -0.327. The highest BCUT2D eigenvalue weighted by Crippen LogP contribution is 2.31. The first kappa shape index (κ1) is 19.3. The second-order valence-electron chi connectivity index (χ2n) is 6.28. The van der Waals surface area contributed by atoms with Crippen molar-refractivity contribution in [3.8, 4) is 0 Å². The summed E-state index contributed by atoms with van der Waals surface area (Å²) >= 11 is 0. The number of carbonyl (C=O) groups excluding carboxylic acids is 2. The lowest BCUT2D eigenvalue weighted by atomic mass is 9.99. The SMILES string of the molecule is C=C(C=O)CCNC(=O)c1cc2nccc(C3=CC(OC)=C(OC)CC3)n2n1. The zero-order chi connectivity index (χ0) is 20.1. The fraction of sp³-hybridized carbons (Fsp3) is 0.300. The fourth-order valence-corrected chi connectivity index (χ4v) is 3.00. The second-order valence-corrected chi connectivity index (χ2v) is 6.28. The maximum atomic E-state index is 12.4. The highest BCUT2D eigenvalue weighted by Gasteiger charge is 2.19. The van der Waals surface area contributed by atoms with Gasteiger partial charge in [-0.15, -0.1) is 0 Å². The van der Waals surface area contributed by atoms with Gasteiger partial charge in [0.1, 0.15) is 12.0 Å². The van der Waals surface area contributed by atoms with Crippen LogP contribution in [0.3, 0.4) is 0 Å². The quantitative estimate of drug-likeness (QED) is 0.556. The lowest BCUT2D eigenvalue weighted by molar-refractivity contribution is -0.105. The minimum absolute atomic E-state index is 0.258. The molecule has 2 aromatic rings. The van der Waals surface area contributed by atoms with Crippen molar-refractivity contribution in [1.29, 1.82) is 0 Å². The number of aromatic nitrogens is 3. The fourth-order valence-electron chi connectivity index (χ4n) is 3.00. The summed E-state index contributed by atoms with van der Waals surface area (Å²) in [7, 11) is 3.23. The molecule has 0 saturated heterocycles. The van der Waals surface area contributed by atoms with E-state index in [0.29, 0.717) is 42.7 Å². The number of nitrogens with zero attached hydrogens (tertiary/aromatic N) is 3. The van der Waals surface area contributed by atoms with Crippen LogP contribution in [0, 0.1) is 0 Å². The van der Waals surface area contributed by atoms with Crippen LogP contribution in [-0.4, -0.2) is 47.6 Å². The van der Waals surface area contributed by atoms with Crippen LogP contribution < -0.4 is 5.32 Å².